The number of hydrogen-bond acceptors (Lipinski definition) is 4. The van der Waals surface area contributed by atoms with E-state index in [4.69, 9.17) is 25.5 Å². The summed E-state index contributed by atoms with van der Waals surface area (Å²) in [6, 6.07) is 14.4. The summed E-state index contributed by atoms with van der Waals surface area (Å²) in [6.07, 6.45) is 0. The molecule has 4 nitrogen and oxygen atoms in total. The summed E-state index contributed by atoms with van der Waals surface area (Å²) in [5.41, 5.74) is 1.84. The number of rotatable bonds is 6. The first-order chi connectivity index (χ1) is 12.2. The zero-order valence-electron chi connectivity index (χ0n) is 15.6. The predicted octanol–water partition coefficient (Wildman–Crippen LogP) is 5.24. The van der Waals surface area contributed by atoms with Crippen molar-refractivity contribution in [3.05, 3.63) is 64.7 Å². The fourth-order valence-electron chi connectivity index (χ4n) is 2.36. The van der Waals surface area contributed by atoms with Crippen LogP contribution in [-0.4, -0.2) is 28.5 Å². The second kappa shape index (κ2) is 8.43. The van der Waals surface area contributed by atoms with Crippen LogP contribution in [0.25, 0.3) is 11.3 Å². The van der Waals surface area contributed by atoms with E-state index in [1.54, 1.807) is 31.4 Å². The Hall–Kier alpha value is -2.24. The van der Waals surface area contributed by atoms with Crippen LogP contribution >= 0.6 is 11.6 Å². The summed E-state index contributed by atoms with van der Waals surface area (Å²) < 4.78 is 16.6. The first-order valence-corrected chi connectivity index (χ1v) is 12.0. The molecule has 0 amide bonds. The molecule has 0 aliphatic carbocycles. The number of benzene rings is 2. The first kappa shape index (κ1) is 20.1. The lowest BCUT2D eigenvalue weighted by Gasteiger charge is -2.24. The maximum atomic E-state index is 12.6. The number of carbonyl (C=O) groups is 1. The van der Waals surface area contributed by atoms with Crippen molar-refractivity contribution in [3.63, 3.8) is 0 Å². The minimum Gasteiger partial charge on any atom is -0.543 e. The van der Waals surface area contributed by atoms with Crippen molar-refractivity contribution in [3.8, 4) is 5.75 Å². The molecule has 0 N–H and O–H groups in total. The molecule has 0 aromatic heterocycles. The number of carbonyl (C=O) groups excluding carboxylic acids is 1. The SMILES string of the molecule is COC(=O)/C(=C(\O[Si](C)(C)C)c1ccc(OC)cc1)c1ccc(Cl)cc1. The minimum atomic E-state index is -2.01. The van der Waals surface area contributed by atoms with Gasteiger partial charge in [0.15, 0.2) is 0 Å². The van der Waals surface area contributed by atoms with E-state index in [1.807, 2.05) is 24.3 Å². The van der Waals surface area contributed by atoms with Crippen molar-refractivity contribution >= 4 is 37.2 Å². The second-order valence-corrected chi connectivity index (χ2v) is 11.5. The van der Waals surface area contributed by atoms with Crippen LogP contribution in [0, 0.1) is 0 Å². The number of ether oxygens (including phenoxy) is 2. The van der Waals surface area contributed by atoms with Crippen LogP contribution in [0.5, 0.6) is 5.75 Å². The van der Waals surface area contributed by atoms with Gasteiger partial charge in [-0.1, -0.05) is 23.7 Å². The highest BCUT2D eigenvalue weighted by Gasteiger charge is 2.26. The van der Waals surface area contributed by atoms with E-state index < -0.39 is 14.3 Å². The van der Waals surface area contributed by atoms with Crippen LogP contribution in [0.2, 0.25) is 24.7 Å². The molecule has 2 aromatic rings. The van der Waals surface area contributed by atoms with Gasteiger partial charge in [-0.25, -0.2) is 4.79 Å². The number of esters is 1. The minimum absolute atomic E-state index is 0.372. The summed E-state index contributed by atoms with van der Waals surface area (Å²) in [6.45, 7) is 6.19. The highest BCUT2D eigenvalue weighted by molar-refractivity contribution is 6.70. The molecule has 0 spiro atoms. The summed E-state index contributed by atoms with van der Waals surface area (Å²) in [7, 11) is 0.955. The Morgan fingerprint density at radius 2 is 1.42 bits per heavy atom. The standard InChI is InChI=1S/C20H23ClO4Si/c1-23-17-12-8-15(9-13-17)19(25-26(3,4)5)18(20(22)24-2)14-6-10-16(21)11-7-14/h6-13H,1-5H3/b19-18-. The Balaban J connectivity index is 2.71. The fourth-order valence-corrected chi connectivity index (χ4v) is 3.32. The summed E-state index contributed by atoms with van der Waals surface area (Å²) in [5.74, 6) is 0.768. The van der Waals surface area contributed by atoms with E-state index >= 15 is 0 Å². The third-order valence-corrected chi connectivity index (χ3v) is 4.58. The topological polar surface area (TPSA) is 44.8 Å². The highest BCUT2D eigenvalue weighted by atomic mass is 35.5. The molecule has 6 heteroatoms. The van der Waals surface area contributed by atoms with Gasteiger partial charge in [-0.2, -0.15) is 0 Å². The lowest BCUT2D eigenvalue weighted by Crippen LogP contribution is -2.25. The van der Waals surface area contributed by atoms with Gasteiger partial charge in [-0.05, 0) is 61.6 Å². The molecule has 0 radical (unpaired) electrons. The van der Waals surface area contributed by atoms with Crippen LogP contribution < -0.4 is 4.74 Å². The van der Waals surface area contributed by atoms with Gasteiger partial charge in [0, 0.05) is 10.6 Å². The Kier molecular flexibility index (Phi) is 6.50. The molecule has 2 aromatic carbocycles. The first-order valence-electron chi connectivity index (χ1n) is 8.17. The van der Waals surface area contributed by atoms with Gasteiger partial charge >= 0.3 is 5.97 Å². The van der Waals surface area contributed by atoms with E-state index in [-0.39, 0.29) is 0 Å². The average Bonchev–Trinajstić information content (AvgIpc) is 2.61. The third kappa shape index (κ3) is 5.13. The molecule has 0 saturated heterocycles. The largest absolute Gasteiger partial charge is 0.543 e. The molecule has 0 bridgehead atoms. The summed E-state index contributed by atoms with van der Waals surface area (Å²) >= 11 is 6.00. The van der Waals surface area contributed by atoms with Crippen LogP contribution in [-0.2, 0) is 14.0 Å². The van der Waals surface area contributed by atoms with E-state index in [9.17, 15) is 4.79 Å². The molecule has 0 aliphatic rings. The van der Waals surface area contributed by atoms with Gasteiger partial charge < -0.3 is 13.9 Å². The monoisotopic (exact) mass is 390 g/mol. The maximum absolute atomic E-state index is 12.6. The number of methoxy groups -OCH3 is 2. The molecule has 138 valence electrons. The second-order valence-electron chi connectivity index (χ2n) is 6.65. The number of halogens is 1. The Bertz CT molecular complexity index is 790. The van der Waals surface area contributed by atoms with Crippen LogP contribution in [0.3, 0.4) is 0 Å². The van der Waals surface area contributed by atoms with Crippen molar-refractivity contribution in [2.45, 2.75) is 19.6 Å². The van der Waals surface area contributed by atoms with Gasteiger partial charge in [0.1, 0.15) is 17.1 Å². The van der Waals surface area contributed by atoms with Crippen molar-refractivity contribution in [1.82, 2.24) is 0 Å². The normalized spacial score (nSPS) is 12.2. The maximum Gasteiger partial charge on any atom is 0.342 e. The zero-order chi connectivity index (χ0) is 19.3. The highest BCUT2D eigenvalue weighted by Crippen LogP contribution is 2.32. The van der Waals surface area contributed by atoms with E-state index in [0.717, 1.165) is 11.3 Å². The van der Waals surface area contributed by atoms with Gasteiger partial charge in [-0.15, -0.1) is 0 Å². The molecule has 0 atom stereocenters. The fraction of sp³-hybridized carbons (Fsp3) is 0.250. The average molecular weight is 391 g/mol. The Morgan fingerprint density at radius 3 is 1.88 bits per heavy atom. The molecule has 0 aliphatic heterocycles. The molecule has 0 saturated carbocycles. The molecular weight excluding hydrogens is 368 g/mol. The van der Waals surface area contributed by atoms with Crippen LogP contribution in [0.15, 0.2) is 48.5 Å². The molecule has 0 fully saturated rings. The lowest BCUT2D eigenvalue weighted by atomic mass is 10.0. The lowest BCUT2D eigenvalue weighted by molar-refractivity contribution is -0.133. The molecule has 0 unspecified atom stereocenters. The van der Waals surface area contributed by atoms with Crippen molar-refractivity contribution in [1.29, 1.82) is 0 Å². The summed E-state index contributed by atoms with van der Waals surface area (Å²) in [5, 5.41) is 0.593. The molecule has 2 rings (SSSR count). The molecule has 26 heavy (non-hydrogen) atoms. The zero-order valence-corrected chi connectivity index (χ0v) is 17.4. The number of hydrogen-bond donors (Lipinski definition) is 0. The smallest absolute Gasteiger partial charge is 0.342 e. The van der Waals surface area contributed by atoms with E-state index in [1.165, 1.54) is 7.11 Å². The van der Waals surface area contributed by atoms with Gasteiger partial charge in [0.25, 0.3) is 0 Å². The van der Waals surface area contributed by atoms with E-state index in [2.05, 4.69) is 19.6 Å². The third-order valence-electron chi connectivity index (χ3n) is 3.51. The molecule has 0 heterocycles. The van der Waals surface area contributed by atoms with Crippen molar-refractivity contribution in [2.75, 3.05) is 14.2 Å². The summed E-state index contributed by atoms with van der Waals surface area (Å²) in [4.78, 5) is 12.6. The van der Waals surface area contributed by atoms with Gasteiger partial charge in [0.05, 0.1) is 14.2 Å². The quantitative estimate of drug-likeness (QED) is 0.222. The Morgan fingerprint density at radius 1 is 0.885 bits per heavy atom. The van der Waals surface area contributed by atoms with Gasteiger partial charge in [-0.3, -0.25) is 0 Å². The van der Waals surface area contributed by atoms with Gasteiger partial charge in [0.2, 0.25) is 8.32 Å². The van der Waals surface area contributed by atoms with E-state index in [0.29, 0.717) is 21.9 Å². The molecular formula is C20H23ClO4Si. The predicted molar refractivity (Wildman–Crippen MR) is 108 cm³/mol. The van der Waals surface area contributed by atoms with Crippen LogP contribution in [0.1, 0.15) is 11.1 Å². The van der Waals surface area contributed by atoms with Crippen molar-refractivity contribution in [2.24, 2.45) is 0 Å². The van der Waals surface area contributed by atoms with Crippen molar-refractivity contribution < 1.29 is 18.7 Å². The Labute approximate surface area is 160 Å². The van der Waals surface area contributed by atoms with Crippen LogP contribution in [0.4, 0.5) is 0 Å².